The van der Waals surface area contributed by atoms with Crippen molar-refractivity contribution in [2.45, 2.75) is 33.2 Å². The maximum absolute atomic E-state index is 11.7. The number of methoxy groups -OCH3 is 1. The second-order valence-corrected chi connectivity index (χ2v) is 5.50. The number of nitrogens with zero attached hydrogens (tertiary/aromatic N) is 1. The monoisotopic (exact) mass is 286 g/mol. The number of hydrogen-bond donors (Lipinski definition) is 1. The molecular formula is C13H22N2O3S. The van der Waals surface area contributed by atoms with Gasteiger partial charge in [-0.05, 0) is 20.3 Å². The van der Waals surface area contributed by atoms with Gasteiger partial charge in [0.25, 0.3) is 0 Å². The zero-order valence-corrected chi connectivity index (χ0v) is 12.8. The Labute approximate surface area is 118 Å². The second kappa shape index (κ2) is 8.24. The molecule has 0 saturated carbocycles. The maximum Gasteiger partial charge on any atom is 0.246 e. The fraction of sp³-hybridized carbons (Fsp3) is 0.692. The summed E-state index contributed by atoms with van der Waals surface area (Å²) in [6.45, 7) is 7.04. The van der Waals surface area contributed by atoms with Crippen molar-refractivity contribution in [3.05, 3.63) is 15.6 Å². The summed E-state index contributed by atoms with van der Waals surface area (Å²) in [5, 5.41) is 3.90. The zero-order valence-electron chi connectivity index (χ0n) is 12.0. The van der Waals surface area contributed by atoms with E-state index in [2.05, 4.69) is 10.3 Å². The van der Waals surface area contributed by atoms with Gasteiger partial charge in [-0.1, -0.05) is 6.92 Å². The molecule has 108 valence electrons. The molecule has 1 N–H and O–H groups in total. The molecule has 0 aromatic carbocycles. The Balaban J connectivity index is 2.45. The fourth-order valence-corrected chi connectivity index (χ4v) is 2.59. The molecule has 1 heterocycles. The Morgan fingerprint density at radius 2 is 2.16 bits per heavy atom. The van der Waals surface area contributed by atoms with E-state index < -0.39 is 0 Å². The molecule has 1 unspecified atom stereocenters. The van der Waals surface area contributed by atoms with Gasteiger partial charge in [0.15, 0.2) is 0 Å². The molecule has 19 heavy (non-hydrogen) atoms. The predicted molar refractivity (Wildman–Crippen MR) is 75.5 cm³/mol. The number of rotatable bonds is 8. The van der Waals surface area contributed by atoms with Crippen LogP contribution in [-0.2, 0) is 14.3 Å². The molecule has 6 heteroatoms. The highest BCUT2D eigenvalue weighted by molar-refractivity contribution is 7.11. The van der Waals surface area contributed by atoms with Crippen LogP contribution >= 0.6 is 11.3 Å². The van der Waals surface area contributed by atoms with Gasteiger partial charge in [-0.2, -0.15) is 0 Å². The van der Waals surface area contributed by atoms with E-state index >= 15 is 0 Å². The SMILES string of the molecule is CCC(NC(=O)COCCOC)c1nc(C)c(C)s1. The predicted octanol–water partition coefficient (Wildman–Crippen LogP) is 1.99. The van der Waals surface area contributed by atoms with Crippen molar-refractivity contribution in [2.75, 3.05) is 26.9 Å². The van der Waals surface area contributed by atoms with Crippen LogP contribution in [0.2, 0.25) is 0 Å². The number of amides is 1. The third kappa shape index (κ3) is 5.26. The van der Waals surface area contributed by atoms with Crippen LogP contribution in [0.3, 0.4) is 0 Å². The van der Waals surface area contributed by atoms with Crippen molar-refractivity contribution < 1.29 is 14.3 Å². The van der Waals surface area contributed by atoms with Crippen LogP contribution in [0.25, 0.3) is 0 Å². The minimum Gasteiger partial charge on any atom is -0.382 e. The lowest BCUT2D eigenvalue weighted by Crippen LogP contribution is -2.31. The van der Waals surface area contributed by atoms with Crippen LogP contribution < -0.4 is 5.32 Å². The molecule has 1 aromatic rings. The van der Waals surface area contributed by atoms with E-state index in [1.807, 2.05) is 20.8 Å². The number of carbonyl (C=O) groups excluding carboxylic acids is 1. The highest BCUT2D eigenvalue weighted by Crippen LogP contribution is 2.24. The van der Waals surface area contributed by atoms with Gasteiger partial charge in [0.2, 0.25) is 5.91 Å². The van der Waals surface area contributed by atoms with Crippen LogP contribution in [0.4, 0.5) is 0 Å². The first-order valence-electron chi connectivity index (χ1n) is 6.38. The smallest absolute Gasteiger partial charge is 0.246 e. The fourth-order valence-electron chi connectivity index (χ4n) is 1.53. The molecule has 0 spiro atoms. The van der Waals surface area contributed by atoms with Gasteiger partial charge in [-0.25, -0.2) is 4.98 Å². The largest absolute Gasteiger partial charge is 0.382 e. The van der Waals surface area contributed by atoms with Crippen LogP contribution in [0.1, 0.15) is 35.0 Å². The lowest BCUT2D eigenvalue weighted by molar-refractivity contribution is -0.126. The maximum atomic E-state index is 11.7. The molecule has 0 bridgehead atoms. The average Bonchev–Trinajstić information content (AvgIpc) is 2.72. The minimum atomic E-state index is -0.117. The van der Waals surface area contributed by atoms with E-state index in [4.69, 9.17) is 9.47 Å². The van der Waals surface area contributed by atoms with E-state index in [9.17, 15) is 4.79 Å². The summed E-state index contributed by atoms with van der Waals surface area (Å²) >= 11 is 1.63. The highest BCUT2D eigenvalue weighted by Gasteiger charge is 2.17. The number of ether oxygens (including phenoxy) is 2. The summed E-state index contributed by atoms with van der Waals surface area (Å²) in [6, 6.07) is -0.0316. The number of thiazole rings is 1. The minimum absolute atomic E-state index is 0.0316. The quantitative estimate of drug-likeness (QED) is 0.742. The molecule has 0 aliphatic rings. The topological polar surface area (TPSA) is 60.5 Å². The number of aryl methyl sites for hydroxylation is 2. The molecule has 1 amide bonds. The van der Waals surface area contributed by atoms with Gasteiger partial charge in [-0.15, -0.1) is 11.3 Å². The van der Waals surface area contributed by atoms with E-state index in [0.717, 1.165) is 17.1 Å². The summed E-state index contributed by atoms with van der Waals surface area (Å²) in [5.74, 6) is -0.117. The lowest BCUT2D eigenvalue weighted by Gasteiger charge is -2.14. The van der Waals surface area contributed by atoms with Gasteiger partial charge < -0.3 is 14.8 Å². The number of aromatic nitrogens is 1. The average molecular weight is 286 g/mol. The highest BCUT2D eigenvalue weighted by atomic mass is 32.1. The van der Waals surface area contributed by atoms with Gasteiger partial charge >= 0.3 is 0 Å². The molecule has 5 nitrogen and oxygen atoms in total. The molecule has 0 radical (unpaired) electrons. The Kier molecular flexibility index (Phi) is 6.97. The Bertz CT molecular complexity index is 387. The Morgan fingerprint density at radius 3 is 2.68 bits per heavy atom. The molecule has 0 aliphatic heterocycles. The summed E-state index contributed by atoms with van der Waals surface area (Å²) < 4.78 is 10.0. The van der Waals surface area contributed by atoms with Crippen LogP contribution in [0.15, 0.2) is 0 Å². The molecule has 0 fully saturated rings. The standard InChI is InChI=1S/C13H22N2O3S/c1-5-11(13-14-9(2)10(3)19-13)15-12(16)8-18-7-6-17-4/h11H,5-8H2,1-4H3,(H,15,16). The molecule has 1 atom stereocenters. The summed E-state index contributed by atoms with van der Waals surface area (Å²) in [6.07, 6.45) is 0.816. The van der Waals surface area contributed by atoms with Gasteiger partial charge in [-0.3, -0.25) is 4.79 Å². The number of nitrogens with one attached hydrogen (secondary N) is 1. The van der Waals surface area contributed by atoms with Crippen molar-refractivity contribution >= 4 is 17.2 Å². The zero-order chi connectivity index (χ0) is 14.3. The van der Waals surface area contributed by atoms with Gasteiger partial charge in [0, 0.05) is 12.0 Å². The third-order valence-corrected chi connectivity index (χ3v) is 3.94. The molecule has 1 rings (SSSR count). The molecular weight excluding hydrogens is 264 g/mol. The van der Waals surface area contributed by atoms with Crippen LogP contribution in [0.5, 0.6) is 0 Å². The van der Waals surface area contributed by atoms with E-state index in [-0.39, 0.29) is 18.6 Å². The van der Waals surface area contributed by atoms with E-state index in [1.54, 1.807) is 18.4 Å². The van der Waals surface area contributed by atoms with Gasteiger partial charge in [0.1, 0.15) is 11.6 Å². The first kappa shape index (κ1) is 16.1. The first-order valence-corrected chi connectivity index (χ1v) is 7.20. The lowest BCUT2D eigenvalue weighted by atomic mass is 10.2. The number of hydrogen-bond acceptors (Lipinski definition) is 5. The van der Waals surface area contributed by atoms with Crippen LogP contribution in [0, 0.1) is 13.8 Å². The molecule has 0 aliphatic carbocycles. The van der Waals surface area contributed by atoms with Crippen molar-refractivity contribution in [2.24, 2.45) is 0 Å². The number of carbonyl (C=O) groups is 1. The molecule has 1 aromatic heterocycles. The van der Waals surface area contributed by atoms with Crippen LogP contribution in [-0.4, -0.2) is 37.8 Å². The van der Waals surface area contributed by atoms with Crippen molar-refractivity contribution in [3.8, 4) is 0 Å². The summed E-state index contributed by atoms with van der Waals surface area (Å²) in [7, 11) is 1.60. The first-order chi connectivity index (χ1) is 9.08. The second-order valence-electron chi connectivity index (χ2n) is 4.27. The van der Waals surface area contributed by atoms with Crippen molar-refractivity contribution in [1.82, 2.24) is 10.3 Å². The van der Waals surface area contributed by atoms with E-state index in [1.165, 1.54) is 4.88 Å². The van der Waals surface area contributed by atoms with Gasteiger partial charge in [0.05, 0.1) is 24.9 Å². The Hall–Kier alpha value is -0.980. The third-order valence-electron chi connectivity index (χ3n) is 2.75. The van der Waals surface area contributed by atoms with Crippen molar-refractivity contribution in [3.63, 3.8) is 0 Å². The normalized spacial score (nSPS) is 12.4. The summed E-state index contributed by atoms with van der Waals surface area (Å²) in [5.41, 5.74) is 1.03. The van der Waals surface area contributed by atoms with Crippen molar-refractivity contribution in [1.29, 1.82) is 0 Å². The van der Waals surface area contributed by atoms with E-state index in [0.29, 0.717) is 13.2 Å². The summed E-state index contributed by atoms with van der Waals surface area (Å²) in [4.78, 5) is 17.4. The Morgan fingerprint density at radius 1 is 1.42 bits per heavy atom. The molecule has 0 saturated heterocycles.